The third-order valence-corrected chi connectivity index (χ3v) is 3.45. The fourth-order valence-electron chi connectivity index (χ4n) is 2.36. The second-order valence-corrected chi connectivity index (χ2v) is 4.72. The zero-order chi connectivity index (χ0) is 13.9. The van der Waals surface area contributed by atoms with E-state index in [-0.39, 0.29) is 11.9 Å². The molecule has 1 amide bonds. The molecule has 2 aromatic carbocycles. The van der Waals surface area contributed by atoms with Crippen LogP contribution in [0.4, 0.5) is 5.69 Å². The predicted molar refractivity (Wildman–Crippen MR) is 77.4 cm³/mol. The highest BCUT2D eigenvalue weighted by molar-refractivity contribution is 5.95. The Kier molecular flexibility index (Phi) is 3.39. The lowest BCUT2D eigenvalue weighted by molar-refractivity contribution is -0.117. The lowest BCUT2D eigenvalue weighted by Crippen LogP contribution is -2.34. The summed E-state index contributed by atoms with van der Waals surface area (Å²) in [4.78, 5) is 12.1. The summed E-state index contributed by atoms with van der Waals surface area (Å²) in [6, 6.07) is 17.4. The van der Waals surface area contributed by atoms with E-state index in [0.29, 0.717) is 6.42 Å². The van der Waals surface area contributed by atoms with Crippen LogP contribution in [0.2, 0.25) is 0 Å². The first kappa shape index (κ1) is 12.7. The molecule has 0 bridgehead atoms. The maximum Gasteiger partial charge on any atom is 0.243 e. The van der Waals surface area contributed by atoms with Crippen molar-refractivity contribution in [3.05, 3.63) is 60.2 Å². The number of carbonyl (C=O) groups is 1. The Hall–Kier alpha value is -2.33. The van der Waals surface area contributed by atoms with Crippen molar-refractivity contribution in [2.45, 2.75) is 12.5 Å². The highest BCUT2D eigenvalue weighted by Gasteiger charge is 2.30. The molecule has 2 aromatic rings. The van der Waals surface area contributed by atoms with Gasteiger partial charge in [-0.1, -0.05) is 30.3 Å². The Morgan fingerprint density at radius 2 is 1.80 bits per heavy atom. The number of benzene rings is 2. The number of hydrogen-bond acceptors (Lipinski definition) is 3. The summed E-state index contributed by atoms with van der Waals surface area (Å²) < 4.78 is 5.15. The molecule has 1 saturated heterocycles. The van der Waals surface area contributed by atoms with E-state index in [0.717, 1.165) is 17.0 Å². The molecule has 0 radical (unpaired) electrons. The second-order valence-electron chi connectivity index (χ2n) is 4.72. The third kappa shape index (κ3) is 2.38. The van der Waals surface area contributed by atoms with Crippen molar-refractivity contribution >= 4 is 11.6 Å². The molecule has 3 rings (SSSR count). The molecule has 1 heterocycles. The van der Waals surface area contributed by atoms with E-state index in [1.54, 1.807) is 12.1 Å². The molecule has 1 N–H and O–H groups in total. The van der Waals surface area contributed by atoms with Crippen molar-refractivity contribution in [3.63, 3.8) is 0 Å². The maximum absolute atomic E-state index is 12.1. The number of nitrogens with one attached hydrogen (secondary N) is 1. The molecule has 0 aliphatic carbocycles. The van der Waals surface area contributed by atoms with Crippen molar-refractivity contribution in [2.75, 3.05) is 12.1 Å². The number of anilines is 1. The number of methoxy groups -OCH3 is 1. The molecule has 0 saturated carbocycles. The average molecular weight is 268 g/mol. The Morgan fingerprint density at radius 1 is 1.10 bits per heavy atom. The van der Waals surface area contributed by atoms with Crippen LogP contribution in [0, 0.1) is 0 Å². The van der Waals surface area contributed by atoms with Crippen LogP contribution < -0.4 is 15.2 Å². The first-order valence-electron chi connectivity index (χ1n) is 6.56. The number of para-hydroxylation sites is 1. The van der Waals surface area contributed by atoms with Gasteiger partial charge in [0.05, 0.1) is 18.8 Å². The monoisotopic (exact) mass is 268 g/mol. The molecular weight excluding hydrogens is 252 g/mol. The number of ether oxygens (including phenoxy) is 1. The molecule has 0 aromatic heterocycles. The van der Waals surface area contributed by atoms with Gasteiger partial charge in [0.15, 0.2) is 0 Å². The molecule has 1 aliphatic rings. The van der Waals surface area contributed by atoms with Gasteiger partial charge in [-0.05, 0) is 29.8 Å². The van der Waals surface area contributed by atoms with Crippen LogP contribution in [0.1, 0.15) is 18.0 Å². The minimum Gasteiger partial charge on any atom is -0.497 e. The number of hydrazine groups is 1. The fraction of sp³-hybridized carbons (Fsp3) is 0.188. The molecule has 1 unspecified atom stereocenters. The van der Waals surface area contributed by atoms with Crippen LogP contribution in [-0.2, 0) is 4.79 Å². The Balaban J connectivity index is 1.79. The van der Waals surface area contributed by atoms with Crippen LogP contribution in [0.5, 0.6) is 5.75 Å². The van der Waals surface area contributed by atoms with E-state index in [2.05, 4.69) is 5.43 Å². The summed E-state index contributed by atoms with van der Waals surface area (Å²) in [5.74, 6) is 0.898. The fourth-order valence-corrected chi connectivity index (χ4v) is 2.36. The van der Waals surface area contributed by atoms with E-state index in [1.165, 1.54) is 0 Å². The first-order chi connectivity index (χ1) is 9.78. The minimum absolute atomic E-state index is 0.00797. The lowest BCUT2D eigenvalue weighted by Gasteiger charge is -2.18. The summed E-state index contributed by atoms with van der Waals surface area (Å²) in [6.07, 6.45) is 0.460. The lowest BCUT2D eigenvalue weighted by atomic mass is 10.1. The van der Waals surface area contributed by atoms with Gasteiger partial charge >= 0.3 is 0 Å². The zero-order valence-corrected chi connectivity index (χ0v) is 11.2. The van der Waals surface area contributed by atoms with Crippen molar-refractivity contribution in [1.29, 1.82) is 0 Å². The van der Waals surface area contributed by atoms with Crippen molar-refractivity contribution in [1.82, 2.24) is 5.43 Å². The van der Waals surface area contributed by atoms with E-state index < -0.39 is 0 Å². The van der Waals surface area contributed by atoms with E-state index >= 15 is 0 Å². The molecule has 102 valence electrons. The molecule has 0 spiro atoms. The van der Waals surface area contributed by atoms with Gasteiger partial charge in [-0.3, -0.25) is 4.79 Å². The molecule has 20 heavy (non-hydrogen) atoms. The minimum atomic E-state index is 0.00797. The van der Waals surface area contributed by atoms with Gasteiger partial charge in [0, 0.05) is 6.42 Å². The van der Waals surface area contributed by atoms with Crippen LogP contribution in [0.3, 0.4) is 0 Å². The zero-order valence-electron chi connectivity index (χ0n) is 11.2. The van der Waals surface area contributed by atoms with E-state index in [1.807, 2.05) is 54.6 Å². The Morgan fingerprint density at radius 3 is 2.45 bits per heavy atom. The topological polar surface area (TPSA) is 41.6 Å². The Bertz CT molecular complexity index is 596. The standard InChI is InChI=1S/C16H16N2O2/c1-20-14-9-7-12(8-10-14)15-11-16(19)18(17-15)13-5-3-2-4-6-13/h2-10,15,17H,11H2,1H3. The van der Waals surface area contributed by atoms with Crippen LogP contribution in [-0.4, -0.2) is 13.0 Å². The predicted octanol–water partition coefficient (Wildman–Crippen LogP) is 2.68. The Labute approximate surface area is 117 Å². The van der Waals surface area contributed by atoms with Gasteiger partial charge in [0.1, 0.15) is 5.75 Å². The number of nitrogens with zero attached hydrogens (tertiary/aromatic N) is 1. The van der Waals surface area contributed by atoms with Gasteiger partial charge in [0.25, 0.3) is 0 Å². The van der Waals surface area contributed by atoms with Gasteiger partial charge in [-0.25, -0.2) is 10.4 Å². The molecule has 4 heteroatoms. The van der Waals surface area contributed by atoms with Crippen molar-refractivity contribution in [3.8, 4) is 5.75 Å². The second kappa shape index (κ2) is 5.35. The van der Waals surface area contributed by atoms with Gasteiger partial charge in [0.2, 0.25) is 5.91 Å². The largest absolute Gasteiger partial charge is 0.497 e. The highest BCUT2D eigenvalue weighted by Crippen LogP contribution is 2.28. The average Bonchev–Trinajstić information content (AvgIpc) is 2.90. The SMILES string of the molecule is COc1ccc(C2CC(=O)N(c3ccccc3)N2)cc1. The van der Waals surface area contributed by atoms with Crippen molar-refractivity contribution < 1.29 is 9.53 Å². The number of rotatable bonds is 3. The summed E-state index contributed by atoms with van der Waals surface area (Å²) in [5, 5.41) is 1.62. The number of hydrogen-bond donors (Lipinski definition) is 1. The smallest absolute Gasteiger partial charge is 0.243 e. The normalized spacial score (nSPS) is 18.4. The van der Waals surface area contributed by atoms with E-state index in [9.17, 15) is 4.79 Å². The van der Waals surface area contributed by atoms with Crippen LogP contribution in [0.25, 0.3) is 0 Å². The molecule has 1 fully saturated rings. The number of carbonyl (C=O) groups excluding carboxylic acids is 1. The van der Waals surface area contributed by atoms with Crippen LogP contribution >= 0.6 is 0 Å². The van der Waals surface area contributed by atoms with E-state index in [4.69, 9.17) is 4.74 Å². The van der Waals surface area contributed by atoms with Gasteiger partial charge in [-0.15, -0.1) is 0 Å². The van der Waals surface area contributed by atoms with Gasteiger partial charge < -0.3 is 4.74 Å². The first-order valence-corrected chi connectivity index (χ1v) is 6.56. The summed E-state index contributed by atoms with van der Waals surface area (Å²) >= 11 is 0. The maximum atomic E-state index is 12.1. The van der Waals surface area contributed by atoms with Crippen LogP contribution in [0.15, 0.2) is 54.6 Å². The summed E-state index contributed by atoms with van der Waals surface area (Å²) in [7, 11) is 1.64. The molecular formula is C16H16N2O2. The summed E-state index contributed by atoms with van der Waals surface area (Å²) in [6.45, 7) is 0. The quantitative estimate of drug-likeness (QED) is 0.930. The third-order valence-electron chi connectivity index (χ3n) is 3.45. The molecule has 4 nitrogen and oxygen atoms in total. The highest BCUT2D eigenvalue weighted by atomic mass is 16.5. The molecule has 1 aliphatic heterocycles. The van der Waals surface area contributed by atoms with Gasteiger partial charge in [-0.2, -0.15) is 0 Å². The van der Waals surface area contributed by atoms with Crippen molar-refractivity contribution in [2.24, 2.45) is 0 Å². The number of amides is 1. The summed E-state index contributed by atoms with van der Waals surface area (Å²) in [5.41, 5.74) is 5.20. The molecule has 1 atom stereocenters.